The van der Waals surface area contributed by atoms with E-state index in [4.69, 9.17) is 65.4 Å². The molecule has 0 radical (unpaired) electrons. The molecule has 59 heavy (non-hydrogen) atoms. The lowest BCUT2D eigenvalue weighted by Gasteiger charge is -2.14. The van der Waals surface area contributed by atoms with Crippen molar-refractivity contribution in [1.82, 2.24) is 9.97 Å². The molecule has 4 aromatic carbocycles. The average Bonchev–Trinajstić information content (AvgIpc) is 3.21. The maximum absolute atomic E-state index is 13.3. The molecular weight excluding hydrogens is 906 g/mol. The smallest absolute Gasteiger partial charge is 0.219 e. The Balaban J connectivity index is 0.000000257. The van der Waals surface area contributed by atoms with Crippen molar-refractivity contribution in [2.24, 2.45) is 0 Å². The van der Waals surface area contributed by atoms with Gasteiger partial charge < -0.3 is 29.2 Å². The molecule has 0 amide bonds. The van der Waals surface area contributed by atoms with E-state index in [0.717, 1.165) is 25.0 Å². The molecule has 15 heteroatoms. The first kappa shape index (κ1) is 46.6. The summed E-state index contributed by atoms with van der Waals surface area (Å²) in [7, 11) is 2.98. The molecule has 6 aromatic rings. The van der Waals surface area contributed by atoms with Gasteiger partial charge in [0.2, 0.25) is 11.8 Å². The number of pyridine rings is 2. The van der Waals surface area contributed by atoms with Gasteiger partial charge in [-0.25, -0.2) is 9.97 Å². The third-order valence-electron chi connectivity index (χ3n) is 8.46. The second-order valence-electron chi connectivity index (χ2n) is 12.6. The average molecular weight is 946 g/mol. The van der Waals surface area contributed by atoms with Gasteiger partial charge in [-0.3, -0.25) is 9.59 Å². The molecule has 0 saturated carbocycles. The first-order valence-electron chi connectivity index (χ1n) is 17.9. The third-order valence-corrected chi connectivity index (χ3v) is 9.56. The molecule has 0 aliphatic carbocycles. The molecular formula is C44H39BrCl4N2O8. The zero-order chi connectivity index (χ0) is 41.9. The van der Waals surface area contributed by atoms with Crippen molar-refractivity contribution in [2.75, 3.05) is 14.2 Å². The van der Waals surface area contributed by atoms with E-state index in [0.29, 0.717) is 90.7 Å². The number of phenolic OH excluding ortho intramolecular Hbond substituents is 2. The fraction of sp³-hybridized carbons (Fsp3) is 0.182. The van der Waals surface area contributed by atoms with Crippen LogP contribution in [0.5, 0.6) is 46.3 Å². The molecule has 0 aliphatic heterocycles. The van der Waals surface area contributed by atoms with Crippen LogP contribution in [-0.4, -0.2) is 46.0 Å². The first-order valence-corrected chi connectivity index (χ1v) is 19.5. The van der Waals surface area contributed by atoms with E-state index in [9.17, 15) is 19.8 Å². The topological polar surface area (TPSA) is 137 Å². The Hall–Kier alpha value is -5.04. The highest BCUT2D eigenvalue weighted by Gasteiger charge is 2.23. The zero-order valence-electron chi connectivity index (χ0n) is 32.2. The number of benzene rings is 4. The predicted octanol–water partition coefficient (Wildman–Crippen LogP) is 12.7. The summed E-state index contributed by atoms with van der Waals surface area (Å²) >= 11 is 23.7. The van der Waals surface area contributed by atoms with Crippen LogP contribution in [-0.2, 0) is 12.8 Å². The van der Waals surface area contributed by atoms with Crippen LogP contribution in [0.4, 0.5) is 0 Å². The second-order valence-corrected chi connectivity index (χ2v) is 14.3. The number of nitrogens with zero attached hydrogens (tertiary/aromatic N) is 2. The molecule has 0 atom stereocenters. The number of hydrogen-bond acceptors (Lipinski definition) is 10. The Morgan fingerprint density at radius 3 is 1.44 bits per heavy atom. The SMILES string of the molecule is Br.CCCc1nc(Oc2ccc(Cl)cc2)ccc1C(=O)c1cc(O)c(Cl)cc1O.CCCc1nc(Oc2ccc(Cl)cc2)ccc1C(=O)c1cc(OC)c(Cl)cc1OC. The number of rotatable bonds is 14. The molecule has 2 heterocycles. The Morgan fingerprint density at radius 1 is 0.542 bits per heavy atom. The fourth-order valence-corrected chi connectivity index (χ4v) is 6.29. The molecule has 308 valence electrons. The molecule has 0 fully saturated rings. The van der Waals surface area contributed by atoms with E-state index >= 15 is 0 Å². The first-order chi connectivity index (χ1) is 27.8. The fourth-order valence-electron chi connectivity index (χ4n) is 5.65. The van der Waals surface area contributed by atoms with Gasteiger partial charge in [-0.1, -0.05) is 73.1 Å². The van der Waals surface area contributed by atoms with Gasteiger partial charge in [-0.05, 0) is 85.6 Å². The Labute approximate surface area is 372 Å². The molecule has 2 aromatic heterocycles. The highest BCUT2D eigenvalue weighted by Crippen LogP contribution is 2.36. The maximum Gasteiger partial charge on any atom is 0.219 e. The van der Waals surface area contributed by atoms with Crippen LogP contribution in [0.3, 0.4) is 0 Å². The maximum atomic E-state index is 13.3. The molecule has 0 aliphatic rings. The number of phenols is 2. The number of aromatic nitrogens is 2. The number of carbonyl (C=O) groups excluding carboxylic acids is 2. The zero-order valence-corrected chi connectivity index (χ0v) is 37.0. The molecule has 0 saturated heterocycles. The van der Waals surface area contributed by atoms with Crippen molar-refractivity contribution in [3.63, 3.8) is 0 Å². The molecule has 0 unspecified atom stereocenters. The summed E-state index contributed by atoms with van der Waals surface area (Å²) in [4.78, 5) is 35.3. The Kier molecular flexibility index (Phi) is 17.2. The van der Waals surface area contributed by atoms with Gasteiger partial charge in [-0.15, -0.1) is 17.0 Å². The number of methoxy groups -OCH3 is 2. The summed E-state index contributed by atoms with van der Waals surface area (Å²) in [6.07, 6.45) is 2.74. The van der Waals surface area contributed by atoms with Crippen LogP contribution in [0, 0.1) is 0 Å². The van der Waals surface area contributed by atoms with Crippen molar-refractivity contribution in [3.8, 4) is 46.3 Å². The van der Waals surface area contributed by atoms with Gasteiger partial charge in [0.25, 0.3) is 0 Å². The largest absolute Gasteiger partial charge is 0.507 e. The van der Waals surface area contributed by atoms with Crippen LogP contribution in [0.2, 0.25) is 20.1 Å². The van der Waals surface area contributed by atoms with E-state index in [2.05, 4.69) is 9.97 Å². The lowest BCUT2D eigenvalue weighted by atomic mass is 9.99. The quantitative estimate of drug-likeness (QED) is 0.0802. The van der Waals surface area contributed by atoms with Crippen molar-refractivity contribution >= 4 is 75.0 Å². The van der Waals surface area contributed by atoms with E-state index in [1.54, 1.807) is 84.9 Å². The summed E-state index contributed by atoms with van der Waals surface area (Å²) in [5, 5.41) is 21.4. The van der Waals surface area contributed by atoms with Crippen molar-refractivity contribution < 1.29 is 38.7 Å². The highest BCUT2D eigenvalue weighted by atomic mass is 79.9. The van der Waals surface area contributed by atoms with Crippen molar-refractivity contribution in [2.45, 2.75) is 39.5 Å². The summed E-state index contributed by atoms with van der Waals surface area (Å²) in [5.74, 6) is 1.41. The van der Waals surface area contributed by atoms with Crippen LogP contribution >= 0.6 is 63.4 Å². The monoisotopic (exact) mass is 942 g/mol. The van der Waals surface area contributed by atoms with E-state index < -0.39 is 5.78 Å². The van der Waals surface area contributed by atoms with Gasteiger partial charge in [0, 0.05) is 45.4 Å². The molecule has 6 rings (SSSR count). The van der Waals surface area contributed by atoms with Gasteiger partial charge in [0.1, 0.15) is 34.5 Å². The number of aromatic hydroxyl groups is 2. The van der Waals surface area contributed by atoms with Gasteiger partial charge in [0.05, 0.1) is 46.8 Å². The summed E-state index contributed by atoms with van der Waals surface area (Å²) in [6.45, 7) is 3.99. The van der Waals surface area contributed by atoms with E-state index in [-0.39, 0.29) is 44.8 Å². The normalized spacial score (nSPS) is 10.4. The minimum Gasteiger partial charge on any atom is -0.507 e. The number of ketones is 2. The van der Waals surface area contributed by atoms with Crippen molar-refractivity contribution in [1.29, 1.82) is 0 Å². The second kappa shape index (κ2) is 21.8. The lowest BCUT2D eigenvalue weighted by Crippen LogP contribution is -2.10. The minimum absolute atomic E-state index is 0. The standard InChI is InChI=1S/C23H21Cl2NO4.C21H17Cl2NO4.BrH/c1-4-5-19-16(10-11-22(26-19)30-15-8-6-14(24)7-9-15)23(27)17-12-21(29-3)18(25)13-20(17)28-2;1-2-3-17-14(21(27)15-10-19(26)16(23)11-18(15)25)8-9-20(24-17)28-13-6-4-12(22)5-7-13;/h6-13H,4-5H2,1-3H3;4-11,25-26H,2-3H2,1H3;1H. The van der Waals surface area contributed by atoms with Crippen LogP contribution in [0.15, 0.2) is 97.1 Å². The van der Waals surface area contributed by atoms with Gasteiger partial charge in [0.15, 0.2) is 11.6 Å². The third kappa shape index (κ3) is 12.0. The van der Waals surface area contributed by atoms with Crippen molar-refractivity contribution in [3.05, 3.63) is 151 Å². The molecule has 2 N–H and O–H groups in total. The van der Waals surface area contributed by atoms with Crippen LogP contribution in [0.25, 0.3) is 0 Å². The number of hydrogen-bond donors (Lipinski definition) is 2. The van der Waals surface area contributed by atoms with Gasteiger partial charge >= 0.3 is 0 Å². The van der Waals surface area contributed by atoms with Gasteiger partial charge in [-0.2, -0.15) is 0 Å². The number of carbonyl (C=O) groups is 2. The predicted molar refractivity (Wildman–Crippen MR) is 236 cm³/mol. The summed E-state index contributed by atoms with van der Waals surface area (Å²) in [5.41, 5.74) is 2.28. The minimum atomic E-state index is -0.460. The van der Waals surface area contributed by atoms with Crippen LogP contribution in [0.1, 0.15) is 69.9 Å². The molecule has 10 nitrogen and oxygen atoms in total. The van der Waals surface area contributed by atoms with E-state index in [1.165, 1.54) is 14.2 Å². The molecule has 0 bridgehead atoms. The lowest BCUT2D eigenvalue weighted by molar-refractivity contribution is 0.102. The Bertz CT molecular complexity index is 2420. The Morgan fingerprint density at radius 2 is 1.00 bits per heavy atom. The summed E-state index contributed by atoms with van der Waals surface area (Å²) < 4.78 is 22.2. The number of aryl methyl sites for hydroxylation is 2. The summed E-state index contributed by atoms with van der Waals surface area (Å²) in [6, 6.07) is 25.8. The van der Waals surface area contributed by atoms with Crippen LogP contribution < -0.4 is 18.9 Å². The highest BCUT2D eigenvalue weighted by molar-refractivity contribution is 8.93. The molecule has 0 spiro atoms. The van der Waals surface area contributed by atoms with E-state index in [1.807, 2.05) is 13.8 Å². The number of halogens is 5. The number of ether oxygens (including phenoxy) is 4.